The van der Waals surface area contributed by atoms with Gasteiger partial charge in [-0.1, -0.05) is 43.6 Å². The zero-order valence-electron chi connectivity index (χ0n) is 7.00. The van der Waals surface area contributed by atoms with Crippen molar-refractivity contribution < 1.29 is 0 Å². The monoisotopic (exact) mass is 148 g/mol. The van der Waals surface area contributed by atoms with Crippen molar-refractivity contribution in [3.05, 3.63) is 24.3 Å². The molecule has 0 spiro atoms. The second-order valence-electron chi connectivity index (χ2n) is 3.74. The van der Waals surface area contributed by atoms with E-state index in [-0.39, 0.29) is 0 Å². The maximum absolute atomic E-state index is 2.40. The predicted molar refractivity (Wildman–Crippen MR) is 48.3 cm³/mol. The molecule has 0 bridgehead atoms. The summed E-state index contributed by atoms with van der Waals surface area (Å²) in [6.07, 6.45) is 16.4. The van der Waals surface area contributed by atoms with Gasteiger partial charge in [0, 0.05) is 0 Å². The highest BCUT2D eigenvalue weighted by Gasteiger charge is 2.19. The van der Waals surface area contributed by atoms with Crippen LogP contribution in [0.3, 0.4) is 0 Å². The van der Waals surface area contributed by atoms with Crippen molar-refractivity contribution in [2.24, 2.45) is 11.8 Å². The van der Waals surface area contributed by atoms with Crippen LogP contribution in [0, 0.1) is 11.8 Å². The average Bonchev–Trinajstić information content (AvgIpc) is 2.28. The SMILES string of the molecule is C1=CC2CCCCCC2C=C1. The number of allylic oxidation sites excluding steroid dienone is 4. The summed E-state index contributed by atoms with van der Waals surface area (Å²) in [6.45, 7) is 0. The van der Waals surface area contributed by atoms with E-state index in [0.29, 0.717) is 0 Å². The third kappa shape index (κ3) is 1.55. The molecule has 2 aliphatic rings. The third-order valence-corrected chi connectivity index (χ3v) is 2.95. The molecule has 0 aromatic heterocycles. The summed E-state index contributed by atoms with van der Waals surface area (Å²) in [5, 5.41) is 0. The fourth-order valence-corrected chi connectivity index (χ4v) is 2.26. The Morgan fingerprint density at radius 2 is 1.27 bits per heavy atom. The van der Waals surface area contributed by atoms with Gasteiger partial charge in [-0.3, -0.25) is 0 Å². The van der Waals surface area contributed by atoms with Gasteiger partial charge in [-0.15, -0.1) is 0 Å². The molecule has 0 radical (unpaired) electrons. The molecule has 2 unspecified atom stereocenters. The Balaban J connectivity index is 2.07. The van der Waals surface area contributed by atoms with Crippen LogP contribution in [0.1, 0.15) is 32.1 Å². The van der Waals surface area contributed by atoms with Gasteiger partial charge in [0.05, 0.1) is 0 Å². The molecule has 2 rings (SSSR count). The Kier molecular flexibility index (Phi) is 2.11. The van der Waals surface area contributed by atoms with Crippen molar-refractivity contribution in [3.8, 4) is 0 Å². The lowest BCUT2D eigenvalue weighted by atomic mass is 9.85. The molecule has 0 aliphatic heterocycles. The second-order valence-corrected chi connectivity index (χ2v) is 3.74. The first-order chi connectivity index (χ1) is 5.47. The highest BCUT2D eigenvalue weighted by Crippen LogP contribution is 2.32. The first kappa shape index (κ1) is 7.15. The Bertz CT molecular complexity index is 156. The Labute approximate surface area is 69.0 Å². The summed E-state index contributed by atoms with van der Waals surface area (Å²) in [6, 6.07) is 0. The minimum atomic E-state index is 0.877. The van der Waals surface area contributed by atoms with Crippen molar-refractivity contribution in [1.82, 2.24) is 0 Å². The number of hydrogen-bond donors (Lipinski definition) is 0. The number of fused-ring (bicyclic) bond motifs is 1. The molecule has 0 heteroatoms. The lowest BCUT2D eigenvalue weighted by Crippen LogP contribution is -2.10. The largest absolute Gasteiger partial charge is 0.0808 e. The molecule has 0 aromatic rings. The molecule has 1 saturated carbocycles. The summed E-state index contributed by atoms with van der Waals surface area (Å²) >= 11 is 0. The van der Waals surface area contributed by atoms with Crippen molar-refractivity contribution >= 4 is 0 Å². The zero-order chi connectivity index (χ0) is 7.52. The molecule has 0 amide bonds. The van der Waals surface area contributed by atoms with Crippen molar-refractivity contribution in [2.45, 2.75) is 32.1 Å². The summed E-state index contributed by atoms with van der Waals surface area (Å²) < 4.78 is 0. The van der Waals surface area contributed by atoms with Gasteiger partial charge in [0.15, 0.2) is 0 Å². The molecule has 2 atom stereocenters. The van der Waals surface area contributed by atoms with Crippen molar-refractivity contribution in [1.29, 1.82) is 0 Å². The van der Waals surface area contributed by atoms with Crippen LogP contribution in [0.25, 0.3) is 0 Å². The van der Waals surface area contributed by atoms with Gasteiger partial charge in [0.25, 0.3) is 0 Å². The minimum Gasteiger partial charge on any atom is -0.0808 e. The molecular formula is C11H16. The zero-order valence-corrected chi connectivity index (χ0v) is 7.00. The van der Waals surface area contributed by atoms with E-state index in [0.717, 1.165) is 11.8 Å². The van der Waals surface area contributed by atoms with E-state index in [4.69, 9.17) is 0 Å². The number of rotatable bonds is 0. The molecule has 0 nitrogen and oxygen atoms in total. The normalized spacial score (nSPS) is 36.4. The van der Waals surface area contributed by atoms with Gasteiger partial charge in [0.1, 0.15) is 0 Å². The molecule has 1 fully saturated rings. The minimum absolute atomic E-state index is 0.877. The Morgan fingerprint density at radius 3 is 1.82 bits per heavy atom. The van der Waals surface area contributed by atoms with E-state index in [1.807, 2.05) is 0 Å². The van der Waals surface area contributed by atoms with Crippen LogP contribution in [0.2, 0.25) is 0 Å². The van der Waals surface area contributed by atoms with E-state index < -0.39 is 0 Å². The standard InChI is InChI=1S/C11H16/c1-2-6-10-8-4-5-9-11(10)7-3-1/h4-5,8-11H,1-3,6-7H2. The maximum Gasteiger partial charge on any atom is -0.0167 e. The molecule has 0 N–H and O–H groups in total. The van der Waals surface area contributed by atoms with Gasteiger partial charge in [-0.25, -0.2) is 0 Å². The molecule has 0 saturated heterocycles. The van der Waals surface area contributed by atoms with Crippen LogP contribution in [-0.4, -0.2) is 0 Å². The third-order valence-electron chi connectivity index (χ3n) is 2.95. The second kappa shape index (κ2) is 3.25. The molecule has 0 heterocycles. The van der Waals surface area contributed by atoms with Crippen LogP contribution in [-0.2, 0) is 0 Å². The molecule has 0 aromatic carbocycles. The molecule has 60 valence electrons. The summed E-state index contributed by atoms with van der Waals surface area (Å²) in [4.78, 5) is 0. The maximum atomic E-state index is 2.40. The fourth-order valence-electron chi connectivity index (χ4n) is 2.26. The van der Waals surface area contributed by atoms with Gasteiger partial charge < -0.3 is 0 Å². The van der Waals surface area contributed by atoms with E-state index in [1.54, 1.807) is 0 Å². The van der Waals surface area contributed by atoms with Crippen LogP contribution >= 0.6 is 0 Å². The van der Waals surface area contributed by atoms with Crippen molar-refractivity contribution in [2.75, 3.05) is 0 Å². The lowest BCUT2D eigenvalue weighted by Gasteiger charge is -2.20. The van der Waals surface area contributed by atoms with E-state index in [9.17, 15) is 0 Å². The van der Waals surface area contributed by atoms with Crippen LogP contribution < -0.4 is 0 Å². The summed E-state index contributed by atoms with van der Waals surface area (Å²) in [5.74, 6) is 1.75. The molecule has 11 heavy (non-hydrogen) atoms. The first-order valence-corrected chi connectivity index (χ1v) is 4.82. The van der Waals surface area contributed by atoms with E-state index >= 15 is 0 Å². The van der Waals surface area contributed by atoms with Crippen LogP contribution in [0.15, 0.2) is 24.3 Å². The van der Waals surface area contributed by atoms with Gasteiger partial charge in [-0.05, 0) is 24.7 Å². The average molecular weight is 148 g/mol. The van der Waals surface area contributed by atoms with Gasteiger partial charge in [-0.2, -0.15) is 0 Å². The van der Waals surface area contributed by atoms with E-state index in [2.05, 4.69) is 24.3 Å². The first-order valence-electron chi connectivity index (χ1n) is 4.82. The molecule has 2 aliphatic carbocycles. The lowest BCUT2D eigenvalue weighted by molar-refractivity contribution is 0.445. The topological polar surface area (TPSA) is 0 Å². The summed E-state index contributed by atoms with van der Waals surface area (Å²) in [7, 11) is 0. The summed E-state index contributed by atoms with van der Waals surface area (Å²) in [5.41, 5.74) is 0. The van der Waals surface area contributed by atoms with Crippen LogP contribution in [0.5, 0.6) is 0 Å². The Hall–Kier alpha value is -0.520. The quantitative estimate of drug-likeness (QED) is 0.494. The fraction of sp³-hybridized carbons (Fsp3) is 0.636. The molecular weight excluding hydrogens is 132 g/mol. The highest BCUT2D eigenvalue weighted by molar-refractivity contribution is 5.14. The van der Waals surface area contributed by atoms with Gasteiger partial charge in [0.2, 0.25) is 0 Å². The van der Waals surface area contributed by atoms with Crippen LogP contribution in [0.4, 0.5) is 0 Å². The smallest absolute Gasteiger partial charge is 0.0167 e. The van der Waals surface area contributed by atoms with E-state index in [1.165, 1.54) is 32.1 Å². The predicted octanol–water partition coefficient (Wildman–Crippen LogP) is 3.31. The Morgan fingerprint density at radius 1 is 0.727 bits per heavy atom. The van der Waals surface area contributed by atoms with Crippen molar-refractivity contribution in [3.63, 3.8) is 0 Å². The number of hydrogen-bond acceptors (Lipinski definition) is 0. The highest BCUT2D eigenvalue weighted by atomic mass is 14.2. The van der Waals surface area contributed by atoms with Gasteiger partial charge >= 0.3 is 0 Å².